The van der Waals surface area contributed by atoms with Gasteiger partial charge in [-0.2, -0.15) is 4.37 Å². The number of sulfone groups is 1. The average Bonchev–Trinajstić information content (AvgIpc) is 2.78. The minimum Gasteiger partial charge on any atom is -0.382 e. The molecule has 2 unspecified atom stereocenters. The van der Waals surface area contributed by atoms with Crippen LogP contribution >= 0.6 is 11.5 Å². The molecular weight excluding hydrogens is 296 g/mol. The summed E-state index contributed by atoms with van der Waals surface area (Å²) in [6.07, 6.45) is 0. The Labute approximate surface area is 124 Å². The maximum absolute atomic E-state index is 12.2. The lowest BCUT2D eigenvalue weighted by molar-refractivity contribution is 0.170. The van der Waals surface area contributed by atoms with Crippen LogP contribution < -0.4 is 10.6 Å². The first-order valence-corrected chi connectivity index (χ1v) is 9.15. The first-order chi connectivity index (χ1) is 9.27. The molecule has 1 saturated heterocycles. The zero-order valence-electron chi connectivity index (χ0n) is 12.3. The quantitative estimate of drug-likeness (QED) is 0.897. The highest BCUT2D eigenvalue weighted by molar-refractivity contribution is 7.91. The summed E-state index contributed by atoms with van der Waals surface area (Å²) in [6.45, 7) is 7.48. The fraction of sp³-hybridized carbons (Fsp3) is 0.750. The number of piperazine rings is 1. The molecule has 0 amide bonds. The summed E-state index contributed by atoms with van der Waals surface area (Å²) < 4.78 is 28.5. The van der Waals surface area contributed by atoms with Crippen molar-refractivity contribution in [1.82, 2.24) is 9.27 Å². The molecule has 1 aliphatic rings. The molecular formula is C12H22N4O2S2. The van der Waals surface area contributed by atoms with Crippen molar-refractivity contribution < 1.29 is 8.42 Å². The summed E-state index contributed by atoms with van der Waals surface area (Å²) in [5.74, 6) is 0.174. The SMILES string of the molecule is CCS(=O)(=O)c1c(N)nsc1N1CC(C)N(C)C(C)C1. The van der Waals surface area contributed by atoms with Crippen LogP contribution in [0.15, 0.2) is 4.90 Å². The van der Waals surface area contributed by atoms with Gasteiger partial charge < -0.3 is 10.6 Å². The summed E-state index contributed by atoms with van der Waals surface area (Å²) in [5.41, 5.74) is 5.79. The van der Waals surface area contributed by atoms with Crippen LogP contribution in [0.2, 0.25) is 0 Å². The van der Waals surface area contributed by atoms with Gasteiger partial charge >= 0.3 is 0 Å². The first kappa shape index (κ1) is 15.5. The smallest absolute Gasteiger partial charge is 0.184 e. The van der Waals surface area contributed by atoms with Gasteiger partial charge in [-0.3, -0.25) is 4.90 Å². The van der Waals surface area contributed by atoms with Crippen LogP contribution in [0.25, 0.3) is 0 Å². The maximum atomic E-state index is 12.2. The predicted octanol–water partition coefficient (Wildman–Crippen LogP) is 1.05. The minimum atomic E-state index is -3.35. The van der Waals surface area contributed by atoms with Gasteiger partial charge in [0.25, 0.3) is 0 Å². The molecule has 2 N–H and O–H groups in total. The molecule has 0 aromatic carbocycles. The fourth-order valence-corrected chi connectivity index (χ4v) is 4.82. The number of rotatable bonds is 3. The van der Waals surface area contributed by atoms with Crippen LogP contribution in [0.5, 0.6) is 0 Å². The van der Waals surface area contributed by atoms with Crippen LogP contribution in [0.4, 0.5) is 10.8 Å². The van der Waals surface area contributed by atoms with Crippen molar-refractivity contribution >= 4 is 32.2 Å². The lowest BCUT2D eigenvalue weighted by Gasteiger charge is -2.43. The lowest BCUT2D eigenvalue weighted by Crippen LogP contribution is -2.55. The highest BCUT2D eigenvalue weighted by Gasteiger charge is 2.32. The molecule has 20 heavy (non-hydrogen) atoms. The minimum absolute atomic E-state index is 0.0431. The van der Waals surface area contributed by atoms with E-state index in [9.17, 15) is 8.42 Å². The highest BCUT2D eigenvalue weighted by Crippen LogP contribution is 2.36. The van der Waals surface area contributed by atoms with E-state index in [0.717, 1.165) is 13.1 Å². The van der Waals surface area contributed by atoms with Crippen molar-refractivity contribution in [1.29, 1.82) is 0 Å². The molecule has 0 aliphatic carbocycles. The van der Waals surface area contributed by atoms with Gasteiger partial charge in [-0.15, -0.1) is 0 Å². The number of nitrogen functional groups attached to an aromatic ring is 1. The molecule has 1 aromatic rings. The van der Waals surface area contributed by atoms with E-state index in [1.807, 2.05) is 0 Å². The number of hydrogen-bond donors (Lipinski definition) is 1. The summed E-state index contributed by atoms with van der Waals surface area (Å²) in [7, 11) is -1.25. The van der Waals surface area contributed by atoms with Crippen molar-refractivity contribution in [2.45, 2.75) is 37.8 Å². The standard InChI is InChI=1S/C12H22N4O2S2/c1-5-20(17,18)10-11(13)14-19-12(10)16-6-8(2)15(4)9(3)7-16/h8-9H,5-7H2,1-4H3,(H2,13,14). The van der Waals surface area contributed by atoms with Gasteiger partial charge in [-0.05, 0) is 32.4 Å². The summed E-state index contributed by atoms with van der Waals surface area (Å²) >= 11 is 1.18. The van der Waals surface area contributed by atoms with E-state index in [1.54, 1.807) is 6.92 Å². The molecule has 8 heteroatoms. The predicted molar refractivity (Wildman–Crippen MR) is 83.2 cm³/mol. The van der Waals surface area contributed by atoms with E-state index in [1.165, 1.54) is 11.5 Å². The van der Waals surface area contributed by atoms with Crippen LogP contribution in [-0.4, -0.2) is 55.7 Å². The third-order valence-corrected chi connectivity index (χ3v) is 6.83. The Balaban J connectivity index is 2.40. The lowest BCUT2D eigenvalue weighted by atomic mass is 10.1. The Hall–Kier alpha value is -0.860. The van der Waals surface area contributed by atoms with Crippen LogP contribution in [0.3, 0.4) is 0 Å². The van der Waals surface area contributed by atoms with Gasteiger partial charge in [0.15, 0.2) is 15.7 Å². The van der Waals surface area contributed by atoms with E-state index < -0.39 is 9.84 Å². The number of hydrogen-bond acceptors (Lipinski definition) is 7. The Morgan fingerprint density at radius 2 is 1.90 bits per heavy atom. The third kappa shape index (κ3) is 2.64. The molecule has 0 spiro atoms. The monoisotopic (exact) mass is 318 g/mol. The second-order valence-electron chi connectivity index (χ2n) is 5.37. The van der Waals surface area contributed by atoms with Crippen molar-refractivity contribution in [3.05, 3.63) is 0 Å². The number of nitrogens with zero attached hydrogens (tertiary/aromatic N) is 3. The molecule has 1 aromatic heterocycles. The van der Waals surface area contributed by atoms with Gasteiger partial charge in [0.1, 0.15) is 9.90 Å². The van der Waals surface area contributed by atoms with E-state index in [2.05, 4.69) is 35.1 Å². The Morgan fingerprint density at radius 1 is 1.35 bits per heavy atom. The van der Waals surface area contributed by atoms with Gasteiger partial charge in [-0.1, -0.05) is 6.92 Å². The maximum Gasteiger partial charge on any atom is 0.184 e. The normalized spacial score (nSPS) is 25.1. The topological polar surface area (TPSA) is 79.5 Å². The molecule has 0 saturated carbocycles. The Bertz CT molecular complexity index is 572. The van der Waals surface area contributed by atoms with E-state index >= 15 is 0 Å². The number of anilines is 2. The van der Waals surface area contributed by atoms with Crippen molar-refractivity contribution in [2.75, 3.05) is 36.5 Å². The molecule has 114 valence electrons. The molecule has 2 heterocycles. The Kier molecular flexibility index (Phi) is 4.27. The second kappa shape index (κ2) is 5.50. The van der Waals surface area contributed by atoms with Gasteiger partial charge in [0, 0.05) is 25.2 Å². The fourth-order valence-electron chi connectivity index (χ4n) is 2.49. The highest BCUT2D eigenvalue weighted by atomic mass is 32.2. The number of nitrogens with two attached hydrogens (primary N) is 1. The van der Waals surface area contributed by atoms with Crippen molar-refractivity contribution in [3.8, 4) is 0 Å². The number of aromatic nitrogens is 1. The summed E-state index contributed by atoms with van der Waals surface area (Å²) in [6, 6.07) is 0.721. The second-order valence-corrected chi connectivity index (χ2v) is 8.34. The van der Waals surface area contributed by atoms with Crippen LogP contribution in [-0.2, 0) is 9.84 Å². The zero-order chi connectivity index (χ0) is 15.1. The molecule has 1 aliphatic heterocycles. The molecule has 2 rings (SSSR count). The summed E-state index contributed by atoms with van der Waals surface area (Å²) in [5, 5.41) is 0.691. The molecule has 0 radical (unpaired) electrons. The third-order valence-electron chi connectivity index (χ3n) is 4.00. The zero-order valence-corrected chi connectivity index (χ0v) is 14.0. The molecule has 1 fully saturated rings. The molecule has 6 nitrogen and oxygen atoms in total. The first-order valence-electron chi connectivity index (χ1n) is 6.72. The van der Waals surface area contributed by atoms with E-state index in [-0.39, 0.29) is 16.5 Å². The van der Waals surface area contributed by atoms with Gasteiger partial charge in [-0.25, -0.2) is 8.42 Å². The van der Waals surface area contributed by atoms with Crippen LogP contribution in [0.1, 0.15) is 20.8 Å². The molecule has 0 bridgehead atoms. The van der Waals surface area contributed by atoms with Crippen molar-refractivity contribution in [2.24, 2.45) is 0 Å². The van der Waals surface area contributed by atoms with Crippen LogP contribution in [0, 0.1) is 0 Å². The van der Waals surface area contributed by atoms with E-state index in [4.69, 9.17) is 5.73 Å². The average molecular weight is 318 g/mol. The van der Waals surface area contributed by atoms with Crippen molar-refractivity contribution in [3.63, 3.8) is 0 Å². The largest absolute Gasteiger partial charge is 0.382 e. The molecule has 2 atom stereocenters. The van der Waals surface area contributed by atoms with Gasteiger partial charge in [0.2, 0.25) is 0 Å². The number of likely N-dealkylation sites (N-methyl/N-ethyl adjacent to an activating group) is 1. The summed E-state index contributed by atoms with van der Waals surface area (Å²) in [4.78, 5) is 4.62. The van der Waals surface area contributed by atoms with Gasteiger partial charge in [0.05, 0.1) is 5.75 Å². The van der Waals surface area contributed by atoms with E-state index in [0.29, 0.717) is 17.1 Å². The Morgan fingerprint density at radius 3 is 2.40 bits per heavy atom.